The second-order valence-electron chi connectivity index (χ2n) is 5.27. The monoisotopic (exact) mass is 302 g/mol. The Balaban J connectivity index is 1.77. The number of amides is 1. The first-order valence-electron chi connectivity index (χ1n) is 7.29. The number of nitrogens with zero attached hydrogens (tertiary/aromatic N) is 2. The molecular weight excluding hydrogens is 284 g/mol. The van der Waals surface area contributed by atoms with Crippen LogP contribution in [0.2, 0.25) is 0 Å². The molecule has 1 aromatic carbocycles. The molecule has 4 nitrogen and oxygen atoms in total. The molecule has 2 heterocycles. The first-order valence-corrected chi connectivity index (χ1v) is 8.11. The van der Waals surface area contributed by atoms with Gasteiger partial charge in [-0.15, -0.1) is 0 Å². The summed E-state index contributed by atoms with van der Waals surface area (Å²) in [7, 11) is 0. The normalized spacial score (nSPS) is 21.5. The zero-order valence-corrected chi connectivity index (χ0v) is 12.6. The lowest BCUT2D eigenvalue weighted by molar-refractivity contribution is -0.113. The second-order valence-corrected chi connectivity index (χ2v) is 6.28. The van der Waals surface area contributed by atoms with Gasteiger partial charge in [0.15, 0.2) is 5.17 Å². The molecular formula is C16H18N2O2S. The minimum Gasteiger partial charge on any atom is -0.507 e. The number of hydrogen-bond donors (Lipinski definition) is 1. The number of para-hydroxylation sites is 1. The summed E-state index contributed by atoms with van der Waals surface area (Å²) in [5.74, 6) is -0.0240. The van der Waals surface area contributed by atoms with Gasteiger partial charge in [0, 0.05) is 18.7 Å². The number of likely N-dealkylation sites (tertiary alicyclic amines) is 1. The highest BCUT2D eigenvalue weighted by molar-refractivity contribution is 8.18. The Morgan fingerprint density at radius 3 is 2.57 bits per heavy atom. The van der Waals surface area contributed by atoms with E-state index in [2.05, 4.69) is 9.89 Å². The van der Waals surface area contributed by atoms with E-state index in [4.69, 9.17) is 0 Å². The van der Waals surface area contributed by atoms with E-state index in [0.29, 0.717) is 10.5 Å². The SMILES string of the molecule is O=C1N=C(N2CCCCCC2)S/C1=C\c1ccccc1O. The molecule has 3 rings (SSSR count). The van der Waals surface area contributed by atoms with Crippen molar-refractivity contribution in [2.75, 3.05) is 13.1 Å². The van der Waals surface area contributed by atoms with Gasteiger partial charge in [-0.3, -0.25) is 4.79 Å². The van der Waals surface area contributed by atoms with E-state index in [-0.39, 0.29) is 11.7 Å². The molecule has 1 fully saturated rings. The molecule has 1 N–H and O–H groups in total. The van der Waals surface area contributed by atoms with Gasteiger partial charge in [-0.2, -0.15) is 4.99 Å². The van der Waals surface area contributed by atoms with Gasteiger partial charge in [0.2, 0.25) is 0 Å². The number of carbonyl (C=O) groups excluding carboxylic acids is 1. The van der Waals surface area contributed by atoms with Crippen LogP contribution in [0.15, 0.2) is 34.2 Å². The Morgan fingerprint density at radius 2 is 1.86 bits per heavy atom. The summed E-state index contributed by atoms with van der Waals surface area (Å²) in [5, 5.41) is 10.6. The van der Waals surface area contributed by atoms with Crippen LogP contribution in [-0.2, 0) is 4.79 Å². The van der Waals surface area contributed by atoms with Crippen molar-refractivity contribution in [1.82, 2.24) is 4.90 Å². The fourth-order valence-electron chi connectivity index (χ4n) is 2.55. The summed E-state index contributed by atoms with van der Waals surface area (Å²) in [6.07, 6.45) is 6.54. The highest BCUT2D eigenvalue weighted by atomic mass is 32.2. The van der Waals surface area contributed by atoms with Crippen LogP contribution in [0, 0.1) is 0 Å². The summed E-state index contributed by atoms with van der Waals surface area (Å²) < 4.78 is 0. The lowest BCUT2D eigenvalue weighted by Gasteiger charge is -2.20. The number of thioether (sulfide) groups is 1. The van der Waals surface area contributed by atoms with E-state index in [1.807, 2.05) is 6.07 Å². The maximum absolute atomic E-state index is 12.0. The van der Waals surface area contributed by atoms with E-state index < -0.39 is 0 Å². The topological polar surface area (TPSA) is 52.9 Å². The molecule has 0 saturated carbocycles. The maximum Gasteiger partial charge on any atom is 0.286 e. The molecule has 1 aromatic rings. The number of hydrogen-bond acceptors (Lipinski definition) is 4. The van der Waals surface area contributed by atoms with Crippen molar-refractivity contribution in [3.8, 4) is 5.75 Å². The minimum absolute atomic E-state index is 0.182. The van der Waals surface area contributed by atoms with E-state index in [1.54, 1.807) is 24.3 Å². The predicted molar refractivity (Wildman–Crippen MR) is 86.2 cm³/mol. The van der Waals surface area contributed by atoms with Gasteiger partial charge in [0.1, 0.15) is 5.75 Å². The van der Waals surface area contributed by atoms with Gasteiger partial charge < -0.3 is 10.0 Å². The van der Waals surface area contributed by atoms with Gasteiger partial charge in [-0.25, -0.2) is 0 Å². The van der Waals surface area contributed by atoms with Gasteiger partial charge in [0.25, 0.3) is 5.91 Å². The number of benzene rings is 1. The van der Waals surface area contributed by atoms with E-state index in [9.17, 15) is 9.90 Å². The van der Waals surface area contributed by atoms with Crippen molar-refractivity contribution in [2.24, 2.45) is 4.99 Å². The summed E-state index contributed by atoms with van der Waals surface area (Å²) in [6, 6.07) is 7.01. The molecule has 0 spiro atoms. The molecule has 0 unspecified atom stereocenters. The van der Waals surface area contributed by atoms with Crippen LogP contribution in [-0.4, -0.2) is 34.2 Å². The van der Waals surface area contributed by atoms with Crippen LogP contribution < -0.4 is 0 Å². The average Bonchev–Trinajstić information content (AvgIpc) is 2.69. The second kappa shape index (κ2) is 6.35. The summed E-state index contributed by atoms with van der Waals surface area (Å²) in [5.41, 5.74) is 0.653. The summed E-state index contributed by atoms with van der Waals surface area (Å²) >= 11 is 1.41. The molecule has 0 atom stereocenters. The van der Waals surface area contributed by atoms with Gasteiger partial charge >= 0.3 is 0 Å². The predicted octanol–water partition coefficient (Wildman–Crippen LogP) is 3.24. The zero-order valence-electron chi connectivity index (χ0n) is 11.8. The van der Waals surface area contributed by atoms with Crippen molar-refractivity contribution in [3.05, 3.63) is 34.7 Å². The van der Waals surface area contributed by atoms with Crippen molar-refractivity contribution in [3.63, 3.8) is 0 Å². The first kappa shape index (κ1) is 14.2. The van der Waals surface area contributed by atoms with Crippen LogP contribution in [0.3, 0.4) is 0 Å². The lowest BCUT2D eigenvalue weighted by Crippen LogP contribution is -2.28. The van der Waals surface area contributed by atoms with E-state index in [1.165, 1.54) is 24.6 Å². The van der Waals surface area contributed by atoms with Crippen LogP contribution in [0.25, 0.3) is 6.08 Å². The van der Waals surface area contributed by atoms with E-state index >= 15 is 0 Å². The Labute approximate surface area is 128 Å². The lowest BCUT2D eigenvalue weighted by atomic mass is 10.2. The van der Waals surface area contributed by atoms with Crippen LogP contribution >= 0.6 is 11.8 Å². The Hall–Kier alpha value is -1.75. The van der Waals surface area contributed by atoms with Crippen molar-refractivity contribution < 1.29 is 9.90 Å². The fourth-order valence-corrected chi connectivity index (χ4v) is 3.50. The maximum atomic E-state index is 12.0. The molecule has 110 valence electrons. The highest BCUT2D eigenvalue weighted by Crippen LogP contribution is 2.32. The van der Waals surface area contributed by atoms with Crippen LogP contribution in [0.1, 0.15) is 31.2 Å². The summed E-state index contributed by atoms with van der Waals surface area (Å²) in [4.78, 5) is 19.0. The molecule has 0 aromatic heterocycles. The van der Waals surface area contributed by atoms with Gasteiger partial charge in [0.05, 0.1) is 4.91 Å². The first-order chi connectivity index (χ1) is 10.2. The number of phenolic OH excluding ortho intramolecular Hbond substituents is 1. The molecule has 21 heavy (non-hydrogen) atoms. The van der Waals surface area contributed by atoms with Crippen molar-refractivity contribution >= 4 is 28.9 Å². The Morgan fingerprint density at radius 1 is 1.14 bits per heavy atom. The molecule has 0 bridgehead atoms. The number of phenols is 1. The number of rotatable bonds is 1. The molecule has 0 aliphatic carbocycles. The van der Waals surface area contributed by atoms with Crippen LogP contribution in [0.4, 0.5) is 0 Å². The van der Waals surface area contributed by atoms with Gasteiger partial charge in [-0.05, 0) is 36.7 Å². The minimum atomic E-state index is -0.206. The Kier molecular flexibility index (Phi) is 4.29. The smallest absolute Gasteiger partial charge is 0.286 e. The molecule has 1 amide bonds. The standard InChI is InChI=1S/C16H18N2O2S/c19-13-8-4-3-7-12(13)11-14-15(20)17-16(21-14)18-9-5-1-2-6-10-18/h3-4,7-8,11,19H,1-2,5-6,9-10H2/b14-11-. The highest BCUT2D eigenvalue weighted by Gasteiger charge is 2.26. The number of aliphatic imine (C=N–C) groups is 1. The average molecular weight is 302 g/mol. The summed E-state index contributed by atoms with van der Waals surface area (Å²) in [6.45, 7) is 1.95. The molecule has 2 aliphatic rings. The fraction of sp³-hybridized carbons (Fsp3) is 0.375. The third-order valence-corrected chi connectivity index (χ3v) is 4.75. The largest absolute Gasteiger partial charge is 0.507 e. The molecule has 5 heteroatoms. The molecule has 0 radical (unpaired) electrons. The third-order valence-electron chi connectivity index (χ3n) is 3.71. The number of amidine groups is 1. The van der Waals surface area contributed by atoms with Gasteiger partial charge in [-0.1, -0.05) is 31.0 Å². The van der Waals surface area contributed by atoms with Crippen molar-refractivity contribution in [2.45, 2.75) is 25.7 Å². The van der Waals surface area contributed by atoms with E-state index in [0.717, 1.165) is 31.1 Å². The van der Waals surface area contributed by atoms with Crippen molar-refractivity contribution in [1.29, 1.82) is 0 Å². The number of carbonyl (C=O) groups is 1. The van der Waals surface area contributed by atoms with Crippen LogP contribution in [0.5, 0.6) is 5.75 Å². The zero-order chi connectivity index (χ0) is 14.7. The third kappa shape index (κ3) is 3.29. The quantitative estimate of drug-likeness (QED) is 0.809. The number of aromatic hydroxyl groups is 1. The Bertz CT molecular complexity index is 602. The molecule has 2 aliphatic heterocycles. The molecule has 1 saturated heterocycles.